The number of carbonyl (C=O) groups excluding carboxylic acids is 2. The minimum Gasteiger partial charge on any atom is -0.458 e. The van der Waals surface area contributed by atoms with Crippen LogP contribution in [-0.2, 0) is 9.53 Å². The molecule has 0 unspecified atom stereocenters. The van der Waals surface area contributed by atoms with E-state index in [1.807, 2.05) is 54.6 Å². The van der Waals surface area contributed by atoms with Gasteiger partial charge in [-0.1, -0.05) is 55.5 Å². The van der Waals surface area contributed by atoms with Crippen LogP contribution in [0.3, 0.4) is 0 Å². The topological polar surface area (TPSA) is 141 Å². The first-order chi connectivity index (χ1) is 23.1. The van der Waals surface area contributed by atoms with E-state index in [9.17, 15) is 24.9 Å². The average molecular weight is 650 g/mol. The minimum atomic E-state index is -1.22. The number of carbonyl (C=O) groups is 2. The summed E-state index contributed by atoms with van der Waals surface area (Å²) in [7, 11) is 0. The van der Waals surface area contributed by atoms with Gasteiger partial charge >= 0.3 is 5.97 Å². The van der Waals surface area contributed by atoms with Crippen molar-refractivity contribution in [3.8, 4) is 11.3 Å². The third kappa shape index (κ3) is 4.61. The lowest BCUT2D eigenvalue weighted by molar-refractivity contribution is -0.237. The van der Waals surface area contributed by atoms with Gasteiger partial charge in [-0.25, -0.2) is 15.2 Å². The van der Waals surface area contributed by atoms with Crippen molar-refractivity contribution in [1.82, 2.24) is 10.4 Å². The Morgan fingerprint density at radius 1 is 0.979 bits per heavy atom. The van der Waals surface area contributed by atoms with Crippen molar-refractivity contribution in [1.29, 1.82) is 0 Å². The molecule has 1 amide bonds. The molecule has 0 saturated heterocycles. The zero-order valence-corrected chi connectivity index (χ0v) is 27.3. The lowest BCUT2D eigenvalue weighted by Crippen LogP contribution is -2.68. The third-order valence-electron chi connectivity index (χ3n) is 13.1. The molecule has 0 spiro atoms. The number of esters is 1. The van der Waals surface area contributed by atoms with Gasteiger partial charge in [0, 0.05) is 40.5 Å². The van der Waals surface area contributed by atoms with Crippen molar-refractivity contribution >= 4 is 29.0 Å². The van der Waals surface area contributed by atoms with E-state index in [4.69, 9.17) is 9.72 Å². The number of cyclic esters (lactones) is 1. The molecule has 4 aliphatic carbocycles. The number of hydrogen-bond acceptors (Lipinski definition) is 8. The number of aliphatic hydroxyl groups excluding tert-OH is 1. The molecule has 8 atom stereocenters. The minimum absolute atomic E-state index is 0.0590. The molecule has 1 aliphatic heterocycles. The first-order valence-electron chi connectivity index (χ1n) is 17.4. The molecule has 3 aromatic rings. The SMILES string of the molecule is C[C@]12CC[C@H]3[C@@H](CC[C@]4(O)C[C@H](O)CC[C@]34/C=N\NC(=O)c3cc(-c4ccccc4)nc4ccccc34)[C@]1(O)CC[C@@H]2C1=CC(=O)OC1. The third-order valence-corrected chi connectivity index (χ3v) is 13.1. The van der Waals surface area contributed by atoms with E-state index >= 15 is 0 Å². The lowest BCUT2D eigenvalue weighted by atomic mass is 9.41. The molecule has 4 fully saturated rings. The molecule has 2 aromatic carbocycles. The highest BCUT2D eigenvalue weighted by Crippen LogP contribution is 2.70. The summed E-state index contributed by atoms with van der Waals surface area (Å²) in [6.45, 7) is 2.45. The first kappa shape index (κ1) is 31.4. The van der Waals surface area contributed by atoms with E-state index in [0.29, 0.717) is 54.3 Å². The summed E-state index contributed by atoms with van der Waals surface area (Å²) in [6, 6.07) is 19.1. The second-order valence-corrected chi connectivity index (χ2v) is 15.2. The van der Waals surface area contributed by atoms with E-state index in [1.54, 1.807) is 18.4 Å². The molecule has 1 aromatic heterocycles. The van der Waals surface area contributed by atoms with Crippen LogP contribution in [-0.4, -0.2) is 62.3 Å². The molecule has 0 bridgehead atoms. The normalized spacial score (nSPS) is 37.4. The highest BCUT2D eigenvalue weighted by atomic mass is 16.5. The van der Waals surface area contributed by atoms with Crippen LogP contribution >= 0.6 is 0 Å². The van der Waals surface area contributed by atoms with Gasteiger partial charge in [-0.3, -0.25) is 4.79 Å². The van der Waals surface area contributed by atoms with E-state index in [-0.39, 0.29) is 42.7 Å². The summed E-state index contributed by atoms with van der Waals surface area (Å²) in [5, 5.41) is 41.1. The van der Waals surface area contributed by atoms with Crippen molar-refractivity contribution in [3.63, 3.8) is 0 Å². The van der Waals surface area contributed by atoms with Crippen LogP contribution in [0.25, 0.3) is 22.2 Å². The summed E-state index contributed by atoms with van der Waals surface area (Å²) in [5.74, 6) is -0.822. The number of benzene rings is 2. The number of fused-ring (bicyclic) bond motifs is 6. The predicted molar refractivity (Wildman–Crippen MR) is 181 cm³/mol. The number of nitrogens with zero attached hydrogens (tertiary/aromatic N) is 2. The Morgan fingerprint density at radius 2 is 1.75 bits per heavy atom. The van der Waals surface area contributed by atoms with Crippen molar-refractivity contribution in [3.05, 3.63) is 77.9 Å². The number of ether oxygens (including phenoxy) is 1. The summed E-state index contributed by atoms with van der Waals surface area (Å²) in [4.78, 5) is 30.6. The molecule has 9 heteroatoms. The van der Waals surface area contributed by atoms with Gasteiger partial charge < -0.3 is 20.1 Å². The van der Waals surface area contributed by atoms with Gasteiger partial charge in [0.15, 0.2) is 0 Å². The molecule has 5 aliphatic rings. The van der Waals surface area contributed by atoms with Crippen molar-refractivity contribution in [2.75, 3.05) is 6.61 Å². The maximum Gasteiger partial charge on any atom is 0.331 e. The van der Waals surface area contributed by atoms with Gasteiger partial charge in [0.25, 0.3) is 5.91 Å². The number of pyridine rings is 1. The number of nitrogens with one attached hydrogen (secondary N) is 1. The highest BCUT2D eigenvalue weighted by molar-refractivity contribution is 6.07. The Bertz CT molecular complexity index is 1840. The van der Waals surface area contributed by atoms with Gasteiger partial charge in [0.1, 0.15) is 6.61 Å². The Kier molecular flexibility index (Phi) is 7.40. The van der Waals surface area contributed by atoms with E-state index in [2.05, 4.69) is 17.5 Å². The molecule has 4 N–H and O–H groups in total. The number of aromatic nitrogens is 1. The Hall–Kier alpha value is -3.92. The van der Waals surface area contributed by atoms with Crippen LogP contribution in [0.5, 0.6) is 0 Å². The number of amides is 1. The van der Waals surface area contributed by atoms with Gasteiger partial charge in [-0.05, 0) is 86.8 Å². The Balaban J connectivity index is 1.12. The number of hydrogen-bond donors (Lipinski definition) is 4. The fourth-order valence-corrected chi connectivity index (χ4v) is 10.7. The van der Waals surface area contributed by atoms with Crippen LogP contribution in [0, 0.1) is 28.6 Å². The van der Waals surface area contributed by atoms with Gasteiger partial charge in [-0.2, -0.15) is 5.10 Å². The van der Waals surface area contributed by atoms with Crippen LogP contribution in [0.1, 0.15) is 75.1 Å². The maximum absolute atomic E-state index is 13.8. The first-order valence-corrected chi connectivity index (χ1v) is 17.4. The van der Waals surface area contributed by atoms with Crippen molar-refractivity contribution in [2.45, 2.75) is 82.0 Å². The summed E-state index contributed by atoms with van der Waals surface area (Å²) >= 11 is 0. The summed E-state index contributed by atoms with van der Waals surface area (Å²) in [6.07, 6.45) is 7.93. The summed E-state index contributed by atoms with van der Waals surface area (Å²) in [5.41, 5.74) is 3.04. The fourth-order valence-electron chi connectivity index (χ4n) is 10.7. The van der Waals surface area contributed by atoms with Crippen LogP contribution in [0.15, 0.2) is 77.4 Å². The Morgan fingerprint density at radius 3 is 2.54 bits per heavy atom. The van der Waals surface area contributed by atoms with Crippen LogP contribution in [0.4, 0.5) is 0 Å². The van der Waals surface area contributed by atoms with Crippen LogP contribution in [0.2, 0.25) is 0 Å². The molecule has 9 nitrogen and oxygen atoms in total. The van der Waals surface area contributed by atoms with Gasteiger partial charge in [-0.15, -0.1) is 0 Å². The second kappa shape index (κ2) is 11.3. The molecule has 250 valence electrons. The molecule has 2 heterocycles. The van der Waals surface area contributed by atoms with Crippen LogP contribution < -0.4 is 5.43 Å². The fraction of sp³-hybridized carbons (Fsp3) is 0.487. The monoisotopic (exact) mass is 649 g/mol. The zero-order chi connectivity index (χ0) is 33.3. The number of rotatable bonds is 5. The zero-order valence-electron chi connectivity index (χ0n) is 27.3. The Labute approximate surface area is 280 Å². The predicted octanol–water partition coefficient (Wildman–Crippen LogP) is 5.33. The quantitative estimate of drug-likeness (QED) is 0.166. The van der Waals surface area contributed by atoms with Crippen molar-refractivity contribution in [2.24, 2.45) is 33.7 Å². The molecule has 4 saturated carbocycles. The lowest BCUT2D eigenvalue weighted by Gasteiger charge is -2.65. The summed E-state index contributed by atoms with van der Waals surface area (Å²) < 4.78 is 5.28. The number of para-hydroxylation sites is 1. The highest BCUT2D eigenvalue weighted by Gasteiger charge is 2.71. The molecular weight excluding hydrogens is 606 g/mol. The molecule has 48 heavy (non-hydrogen) atoms. The largest absolute Gasteiger partial charge is 0.458 e. The molecule has 8 rings (SSSR count). The van der Waals surface area contributed by atoms with E-state index in [0.717, 1.165) is 30.4 Å². The van der Waals surface area contributed by atoms with Gasteiger partial charge in [0.2, 0.25) is 0 Å². The number of hydrazone groups is 1. The van der Waals surface area contributed by atoms with E-state index in [1.165, 1.54) is 0 Å². The molecule has 0 radical (unpaired) electrons. The standard InChI is InChI=1S/C39H43N3O6/c1-36-15-12-30-31(39(36,47)18-14-29(36)25-19-34(44)48-22-25)13-17-38(46)21-26(43)11-16-37(30,38)23-40-42-35(45)28-20-33(24-7-3-2-4-8-24)41-32-10-6-5-9-27(28)32/h2-10,19-20,23,26,29-31,43,46-47H,11-18,21-22H2,1H3,(H,42,45)/b40-23-/t26-,29-,30+,31-,36-,37+,38+,39-/m1/s1. The maximum atomic E-state index is 13.8. The number of aliphatic hydroxyl groups is 3. The van der Waals surface area contributed by atoms with Crippen molar-refractivity contribution < 1.29 is 29.6 Å². The van der Waals surface area contributed by atoms with Gasteiger partial charge in [0.05, 0.1) is 34.1 Å². The molecular formula is C39H43N3O6. The average Bonchev–Trinajstić information content (AvgIpc) is 3.63. The van der Waals surface area contributed by atoms with E-state index < -0.39 is 28.1 Å². The second-order valence-electron chi connectivity index (χ2n) is 15.2. The smallest absolute Gasteiger partial charge is 0.331 e.